The molecule has 15 heavy (non-hydrogen) atoms. The number of rotatable bonds is 2. The number of hydrogen-bond acceptors (Lipinski definition) is 4. The van der Waals surface area contributed by atoms with E-state index in [9.17, 15) is 4.39 Å². The second kappa shape index (κ2) is 4.22. The number of nitrogens with zero attached hydrogens (tertiary/aromatic N) is 2. The van der Waals surface area contributed by atoms with Gasteiger partial charge < -0.3 is 5.73 Å². The van der Waals surface area contributed by atoms with Crippen LogP contribution < -0.4 is 5.73 Å². The van der Waals surface area contributed by atoms with Gasteiger partial charge in [0.1, 0.15) is 15.8 Å². The average Bonchev–Trinajstić information content (AvgIpc) is 2.70. The molecule has 0 saturated heterocycles. The minimum Gasteiger partial charge on any atom is -0.324 e. The van der Waals surface area contributed by atoms with Crippen LogP contribution in [0.25, 0.3) is 10.6 Å². The molecule has 1 heterocycles. The van der Waals surface area contributed by atoms with E-state index >= 15 is 0 Å². The first-order valence-corrected chi connectivity index (χ1v) is 5.38. The average molecular weight is 244 g/mol. The molecule has 1 aromatic carbocycles. The molecule has 3 nitrogen and oxygen atoms in total. The van der Waals surface area contributed by atoms with Gasteiger partial charge >= 0.3 is 0 Å². The molecule has 0 spiro atoms. The summed E-state index contributed by atoms with van der Waals surface area (Å²) in [5.41, 5.74) is 6.17. The van der Waals surface area contributed by atoms with Crippen molar-refractivity contribution in [3.8, 4) is 10.6 Å². The quantitative estimate of drug-likeness (QED) is 0.882. The molecule has 0 aliphatic heterocycles. The third-order valence-electron chi connectivity index (χ3n) is 1.81. The van der Waals surface area contributed by atoms with E-state index in [1.165, 1.54) is 23.5 Å². The maximum absolute atomic E-state index is 12.9. The van der Waals surface area contributed by atoms with E-state index in [-0.39, 0.29) is 5.02 Å². The molecule has 0 atom stereocenters. The summed E-state index contributed by atoms with van der Waals surface area (Å²) in [7, 11) is 0. The summed E-state index contributed by atoms with van der Waals surface area (Å²) < 4.78 is 12.9. The van der Waals surface area contributed by atoms with E-state index in [1.54, 1.807) is 6.07 Å². The van der Waals surface area contributed by atoms with Gasteiger partial charge in [0.25, 0.3) is 0 Å². The van der Waals surface area contributed by atoms with Crippen LogP contribution in [0.15, 0.2) is 18.2 Å². The summed E-state index contributed by atoms with van der Waals surface area (Å²) in [6.07, 6.45) is 0. The molecule has 0 aliphatic carbocycles. The van der Waals surface area contributed by atoms with Crippen molar-refractivity contribution in [1.29, 1.82) is 0 Å². The molecule has 2 aromatic rings. The Labute approximate surface area is 94.7 Å². The van der Waals surface area contributed by atoms with Crippen molar-refractivity contribution in [2.45, 2.75) is 6.54 Å². The van der Waals surface area contributed by atoms with Gasteiger partial charge in [0.2, 0.25) is 0 Å². The van der Waals surface area contributed by atoms with Gasteiger partial charge in [0, 0.05) is 12.1 Å². The Balaban J connectivity index is 2.40. The van der Waals surface area contributed by atoms with Gasteiger partial charge in [-0.3, -0.25) is 0 Å². The van der Waals surface area contributed by atoms with Crippen molar-refractivity contribution in [3.63, 3.8) is 0 Å². The standard InChI is InChI=1S/C9H7ClFN3S/c10-6-3-5(1-2-7(6)11)9-14-13-8(4-12)15-9/h1-3H,4,12H2. The highest BCUT2D eigenvalue weighted by Gasteiger charge is 2.07. The van der Waals surface area contributed by atoms with Crippen molar-refractivity contribution in [2.75, 3.05) is 0 Å². The zero-order valence-electron chi connectivity index (χ0n) is 7.58. The molecule has 0 unspecified atom stereocenters. The number of halogens is 2. The van der Waals surface area contributed by atoms with Gasteiger partial charge in [-0.1, -0.05) is 22.9 Å². The molecule has 0 amide bonds. The first-order chi connectivity index (χ1) is 7.20. The smallest absolute Gasteiger partial charge is 0.147 e. The fourth-order valence-corrected chi connectivity index (χ4v) is 1.98. The molecule has 2 rings (SSSR count). The van der Waals surface area contributed by atoms with E-state index in [2.05, 4.69) is 10.2 Å². The third-order valence-corrected chi connectivity index (χ3v) is 3.09. The Morgan fingerprint density at radius 1 is 1.40 bits per heavy atom. The van der Waals surface area contributed by atoms with Crippen molar-refractivity contribution >= 4 is 22.9 Å². The zero-order valence-corrected chi connectivity index (χ0v) is 9.15. The summed E-state index contributed by atoms with van der Waals surface area (Å²) in [6.45, 7) is 0.354. The van der Waals surface area contributed by atoms with Crippen molar-refractivity contribution in [3.05, 3.63) is 34.0 Å². The molecule has 0 radical (unpaired) electrons. The fraction of sp³-hybridized carbons (Fsp3) is 0.111. The molecule has 0 fully saturated rings. The van der Waals surface area contributed by atoms with E-state index in [1.807, 2.05) is 0 Å². The van der Waals surface area contributed by atoms with Crippen LogP contribution in [0, 0.1) is 5.82 Å². The number of aromatic nitrogens is 2. The Morgan fingerprint density at radius 2 is 2.20 bits per heavy atom. The second-order valence-electron chi connectivity index (χ2n) is 2.83. The minimum absolute atomic E-state index is 0.0806. The Kier molecular flexibility index (Phi) is 2.95. The van der Waals surface area contributed by atoms with Gasteiger partial charge in [-0.2, -0.15) is 0 Å². The minimum atomic E-state index is -0.441. The summed E-state index contributed by atoms with van der Waals surface area (Å²) in [5, 5.41) is 9.32. The summed E-state index contributed by atoms with van der Waals surface area (Å²) in [6, 6.07) is 4.45. The predicted octanol–water partition coefficient (Wildman–Crippen LogP) is 2.46. The van der Waals surface area contributed by atoms with Crippen LogP contribution >= 0.6 is 22.9 Å². The Bertz CT molecular complexity index is 486. The molecule has 2 N–H and O–H groups in total. The van der Waals surface area contributed by atoms with Crippen LogP contribution in [0.2, 0.25) is 5.02 Å². The van der Waals surface area contributed by atoms with Crippen LogP contribution in [0.4, 0.5) is 4.39 Å². The van der Waals surface area contributed by atoms with Crippen LogP contribution in [-0.2, 0) is 6.54 Å². The van der Waals surface area contributed by atoms with Gasteiger partial charge in [-0.15, -0.1) is 10.2 Å². The largest absolute Gasteiger partial charge is 0.324 e. The van der Waals surface area contributed by atoms with Crippen molar-refractivity contribution < 1.29 is 4.39 Å². The monoisotopic (exact) mass is 243 g/mol. The van der Waals surface area contributed by atoms with Crippen molar-refractivity contribution in [1.82, 2.24) is 10.2 Å². The summed E-state index contributed by atoms with van der Waals surface area (Å²) >= 11 is 7.03. The number of nitrogens with two attached hydrogens (primary N) is 1. The topological polar surface area (TPSA) is 51.8 Å². The Hall–Kier alpha value is -1.04. The van der Waals surface area contributed by atoms with Crippen LogP contribution in [0.5, 0.6) is 0 Å². The zero-order chi connectivity index (χ0) is 10.8. The number of hydrogen-bond donors (Lipinski definition) is 1. The molecule has 0 saturated carbocycles. The van der Waals surface area contributed by atoms with E-state index in [4.69, 9.17) is 17.3 Å². The van der Waals surface area contributed by atoms with Gasteiger partial charge in [-0.25, -0.2) is 4.39 Å². The summed E-state index contributed by atoms with van der Waals surface area (Å²) in [5.74, 6) is -0.441. The maximum Gasteiger partial charge on any atom is 0.147 e. The highest BCUT2D eigenvalue weighted by molar-refractivity contribution is 7.14. The van der Waals surface area contributed by atoms with E-state index in [0.717, 1.165) is 10.6 Å². The molecular formula is C9H7ClFN3S. The molecule has 78 valence electrons. The van der Waals surface area contributed by atoms with Crippen LogP contribution in [0.1, 0.15) is 5.01 Å². The normalized spacial score (nSPS) is 10.6. The first-order valence-electron chi connectivity index (χ1n) is 4.18. The molecule has 1 aromatic heterocycles. The SMILES string of the molecule is NCc1nnc(-c2ccc(F)c(Cl)c2)s1. The summed E-state index contributed by atoms with van der Waals surface area (Å²) in [4.78, 5) is 0. The highest BCUT2D eigenvalue weighted by Crippen LogP contribution is 2.27. The predicted molar refractivity (Wildman–Crippen MR) is 58.2 cm³/mol. The highest BCUT2D eigenvalue weighted by atomic mass is 35.5. The lowest BCUT2D eigenvalue weighted by Gasteiger charge is -1.96. The van der Waals surface area contributed by atoms with Crippen molar-refractivity contribution in [2.24, 2.45) is 5.73 Å². The molecule has 0 aliphatic rings. The second-order valence-corrected chi connectivity index (χ2v) is 4.30. The van der Waals surface area contributed by atoms with Gasteiger partial charge in [-0.05, 0) is 18.2 Å². The van der Waals surface area contributed by atoms with Crippen LogP contribution in [0.3, 0.4) is 0 Å². The fourth-order valence-electron chi connectivity index (χ4n) is 1.08. The molecular weight excluding hydrogens is 237 g/mol. The molecule has 6 heteroatoms. The maximum atomic E-state index is 12.9. The lowest BCUT2D eigenvalue weighted by Crippen LogP contribution is -1.94. The lowest BCUT2D eigenvalue weighted by molar-refractivity contribution is 0.628. The van der Waals surface area contributed by atoms with Gasteiger partial charge in [0.15, 0.2) is 0 Å². The first kappa shape index (κ1) is 10.5. The van der Waals surface area contributed by atoms with E-state index in [0.29, 0.717) is 11.6 Å². The Morgan fingerprint density at radius 3 is 2.80 bits per heavy atom. The molecule has 0 bridgehead atoms. The third kappa shape index (κ3) is 2.14. The van der Waals surface area contributed by atoms with Gasteiger partial charge in [0.05, 0.1) is 5.02 Å². The lowest BCUT2D eigenvalue weighted by atomic mass is 10.2. The number of benzene rings is 1. The van der Waals surface area contributed by atoms with Crippen LogP contribution in [-0.4, -0.2) is 10.2 Å². The van der Waals surface area contributed by atoms with E-state index < -0.39 is 5.82 Å².